The molecule has 2 N–H and O–H groups in total. The smallest absolute Gasteiger partial charge is 0.417 e. The first kappa shape index (κ1) is 17.1. The molecule has 3 nitrogen and oxygen atoms in total. The number of hydrogen-bond acceptors (Lipinski definition) is 2. The van der Waals surface area contributed by atoms with Gasteiger partial charge >= 0.3 is 6.18 Å². The van der Waals surface area contributed by atoms with Crippen LogP contribution in [-0.2, 0) is 17.4 Å². The van der Waals surface area contributed by atoms with Gasteiger partial charge in [-0.3, -0.25) is 4.79 Å². The molecule has 1 amide bonds. The highest BCUT2D eigenvalue weighted by atomic mass is 35.5. The van der Waals surface area contributed by atoms with Crippen LogP contribution < -0.4 is 5.32 Å². The number of hydrogen-bond donors (Lipinski definition) is 2. The number of phenols is 1. The lowest BCUT2D eigenvalue weighted by atomic mass is 10.1. The van der Waals surface area contributed by atoms with Gasteiger partial charge in [0, 0.05) is 5.69 Å². The fourth-order valence-corrected chi connectivity index (χ4v) is 2.26. The molecule has 0 radical (unpaired) electrons. The summed E-state index contributed by atoms with van der Waals surface area (Å²) in [5.74, 6) is -0.354. The maximum atomic E-state index is 12.8. The molecule has 0 fully saturated rings. The number of amides is 1. The number of phenolic OH excluding ortho intramolecular Hbond substituents is 1. The van der Waals surface area contributed by atoms with Crippen LogP contribution in [0.3, 0.4) is 0 Å². The van der Waals surface area contributed by atoms with Crippen LogP contribution in [0.5, 0.6) is 5.75 Å². The van der Waals surface area contributed by atoms with Gasteiger partial charge in [-0.1, -0.05) is 23.7 Å². The van der Waals surface area contributed by atoms with Crippen LogP contribution in [0.4, 0.5) is 18.9 Å². The zero-order valence-corrected chi connectivity index (χ0v) is 12.8. The number of anilines is 1. The third kappa shape index (κ3) is 4.39. The Labute approximate surface area is 135 Å². The van der Waals surface area contributed by atoms with Gasteiger partial charge in [0.05, 0.1) is 17.0 Å². The molecule has 0 aliphatic heterocycles. The Morgan fingerprint density at radius 3 is 2.52 bits per heavy atom. The number of carbonyl (C=O) groups excluding carboxylic acids is 1. The quantitative estimate of drug-likeness (QED) is 0.858. The lowest BCUT2D eigenvalue weighted by molar-refractivity contribution is -0.137. The Bertz CT molecular complexity index is 745. The van der Waals surface area contributed by atoms with Crippen LogP contribution in [-0.4, -0.2) is 11.0 Å². The second-order valence-electron chi connectivity index (χ2n) is 5.04. The van der Waals surface area contributed by atoms with Crippen molar-refractivity contribution in [3.05, 3.63) is 58.1 Å². The van der Waals surface area contributed by atoms with Crippen molar-refractivity contribution >= 4 is 23.2 Å². The first-order chi connectivity index (χ1) is 10.7. The standard InChI is InChI=1S/C16H13ClF3NO2/c1-9-6-10(2-5-14(9)22)7-15(23)21-11-3-4-13(17)12(8-11)16(18,19)20/h2-6,8,22H,7H2,1H3,(H,21,23). The highest BCUT2D eigenvalue weighted by Crippen LogP contribution is 2.36. The summed E-state index contributed by atoms with van der Waals surface area (Å²) in [7, 11) is 0. The van der Waals surface area contributed by atoms with Crippen molar-refractivity contribution in [3.8, 4) is 5.75 Å². The van der Waals surface area contributed by atoms with E-state index < -0.39 is 22.7 Å². The Kier molecular flexibility index (Phi) is 4.85. The van der Waals surface area contributed by atoms with Gasteiger partial charge in [-0.15, -0.1) is 0 Å². The summed E-state index contributed by atoms with van der Waals surface area (Å²) in [5.41, 5.74) is 0.267. The van der Waals surface area contributed by atoms with E-state index in [0.717, 1.165) is 12.1 Å². The minimum Gasteiger partial charge on any atom is -0.508 e. The fraction of sp³-hybridized carbons (Fsp3) is 0.188. The predicted octanol–water partition coefficient (Wildman–Crippen LogP) is 4.55. The normalized spacial score (nSPS) is 11.3. The maximum absolute atomic E-state index is 12.8. The second kappa shape index (κ2) is 6.50. The average molecular weight is 344 g/mol. The van der Waals surface area contributed by atoms with Crippen molar-refractivity contribution in [2.45, 2.75) is 19.5 Å². The largest absolute Gasteiger partial charge is 0.508 e. The molecule has 0 saturated heterocycles. The molecule has 7 heteroatoms. The van der Waals surface area contributed by atoms with Gasteiger partial charge in [0.2, 0.25) is 5.91 Å². The van der Waals surface area contributed by atoms with E-state index in [4.69, 9.17) is 11.6 Å². The summed E-state index contributed by atoms with van der Waals surface area (Å²) in [4.78, 5) is 11.9. The number of alkyl halides is 3. The average Bonchev–Trinajstić information content (AvgIpc) is 2.44. The number of halogens is 4. The molecule has 0 heterocycles. The van der Waals surface area contributed by atoms with E-state index in [9.17, 15) is 23.1 Å². The Morgan fingerprint density at radius 2 is 1.91 bits per heavy atom. The van der Waals surface area contributed by atoms with Crippen LogP contribution >= 0.6 is 11.6 Å². The third-order valence-electron chi connectivity index (χ3n) is 3.18. The zero-order chi connectivity index (χ0) is 17.2. The summed E-state index contributed by atoms with van der Waals surface area (Å²) in [6.45, 7) is 1.69. The number of aryl methyl sites for hydroxylation is 1. The minimum absolute atomic E-state index is 0.0159. The highest BCUT2D eigenvalue weighted by Gasteiger charge is 2.33. The molecule has 0 aliphatic carbocycles. The van der Waals surface area contributed by atoms with E-state index in [1.165, 1.54) is 12.1 Å². The molecule has 0 unspecified atom stereocenters. The Morgan fingerprint density at radius 1 is 1.22 bits per heavy atom. The molecule has 2 aromatic rings. The Balaban J connectivity index is 2.12. The molecule has 2 aromatic carbocycles. The van der Waals surface area contributed by atoms with Crippen LogP contribution in [0.15, 0.2) is 36.4 Å². The molecule has 2 rings (SSSR count). The van der Waals surface area contributed by atoms with Crippen molar-refractivity contribution in [2.24, 2.45) is 0 Å². The van der Waals surface area contributed by atoms with Gasteiger partial charge in [0.25, 0.3) is 0 Å². The molecule has 0 spiro atoms. The van der Waals surface area contributed by atoms with Crippen LogP contribution in [0, 0.1) is 6.92 Å². The van der Waals surface area contributed by atoms with Gasteiger partial charge in [-0.05, 0) is 42.3 Å². The summed E-state index contributed by atoms with van der Waals surface area (Å²) < 4.78 is 38.3. The summed E-state index contributed by atoms with van der Waals surface area (Å²) >= 11 is 5.52. The highest BCUT2D eigenvalue weighted by molar-refractivity contribution is 6.31. The zero-order valence-electron chi connectivity index (χ0n) is 12.0. The van der Waals surface area contributed by atoms with Gasteiger partial charge in [0.1, 0.15) is 5.75 Å². The van der Waals surface area contributed by atoms with Crippen molar-refractivity contribution in [3.63, 3.8) is 0 Å². The molecular formula is C16H13ClF3NO2. The van der Waals surface area contributed by atoms with Crippen molar-refractivity contribution in [1.29, 1.82) is 0 Å². The molecule has 122 valence electrons. The molecule has 0 bridgehead atoms. The first-order valence-electron chi connectivity index (χ1n) is 6.62. The summed E-state index contributed by atoms with van der Waals surface area (Å²) in [6.07, 6.45) is -4.61. The minimum atomic E-state index is -4.59. The van der Waals surface area contributed by atoms with E-state index >= 15 is 0 Å². The van der Waals surface area contributed by atoms with Gasteiger partial charge < -0.3 is 10.4 Å². The molecule has 0 aliphatic rings. The lowest BCUT2D eigenvalue weighted by Gasteiger charge is -2.12. The Hall–Kier alpha value is -2.21. The topological polar surface area (TPSA) is 49.3 Å². The lowest BCUT2D eigenvalue weighted by Crippen LogP contribution is -2.15. The number of nitrogens with one attached hydrogen (secondary N) is 1. The van der Waals surface area contributed by atoms with Gasteiger partial charge in [-0.25, -0.2) is 0 Å². The monoisotopic (exact) mass is 343 g/mol. The van der Waals surface area contributed by atoms with Crippen molar-refractivity contribution in [1.82, 2.24) is 0 Å². The molecule has 23 heavy (non-hydrogen) atoms. The number of benzene rings is 2. The van der Waals surface area contributed by atoms with Crippen LogP contribution in [0.1, 0.15) is 16.7 Å². The van der Waals surface area contributed by atoms with Gasteiger partial charge in [0.15, 0.2) is 0 Å². The molecule has 0 saturated carbocycles. The second-order valence-corrected chi connectivity index (χ2v) is 5.45. The summed E-state index contributed by atoms with van der Waals surface area (Å²) in [6, 6.07) is 7.86. The summed E-state index contributed by atoms with van der Waals surface area (Å²) in [5, 5.41) is 11.4. The van der Waals surface area contributed by atoms with Gasteiger partial charge in [-0.2, -0.15) is 13.2 Å². The van der Waals surface area contributed by atoms with Crippen molar-refractivity contribution < 1.29 is 23.1 Å². The van der Waals surface area contributed by atoms with E-state index in [0.29, 0.717) is 11.1 Å². The fourth-order valence-electron chi connectivity index (χ4n) is 2.04. The first-order valence-corrected chi connectivity index (χ1v) is 6.99. The van der Waals surface area contributed by atoms with Crippen LogP contribution in [0.2, 0.25) is 5.02 Å². The number of aromatic hydroxyl groups is 1. The van der Waals surface area contributed by atoms with E-state index in [-0.39, 0.29) is 17.9 Å². The number of rotatable bonds is 3. The van der Waals surface area contributed by atoms with Crippen LogP contribution in [0.25, 0.3) is 0 Å². The third-order valence-corrected chi connectivity index (χ3v) is 3.51. The van der Waals surface area contributed by atoms with E-state index in [2.05, 4.69) is 5.32 Å². The van der Waals surface area contributed by atoms with E-state index in [1.54, 1.807) is 19.1 Å². The predicted molar refractivity (Wildman–Crippen MR) is 81.6 cm³/mol. The maximum Gasteiger partial charge on any atom is 0.417 e. The SMILES string of the molecule is Cc1cc(CC(=O)Nc2ccc(Cl)c(C(F)(F)F)c2)ccc1O. The molecular weight excluding hydrogens is 331 g/mol. The van der Waals surface area contributed by atoms with E-state index in [1.807, 2.05) is 0 Å². The van der Waals surface area contributed by atoms with Crippen molar-refractivity contribution in [2.75, 3.05) is 5.32 Å². The molecule has 0 aromatic heterocycles. The molecule has 0 atom stereocenters. The number of carbonyl (C=O) groups is 1.